The van der Waals surface area contributed by atoms with E-state index in [0.29, 0.717) is 6.07 Å². The Hall–Kier alpha value is -2.43. The van der Waals surface area contributed by atoms with Gasteiger partial charge in [-0.05, 0) is 30.3 Å². The molecule has 0 amide bonds. The fraction of sp³-hybridized carbons (Fsp3) is 0.143. The lowest BCUT2D eigenvalue weighted by Crippen LogP contribution is -2.21. The maximum absolute atomic E-state index is 12.7. The normalized spacial score (nSPS) is 12.7. The van der Waals surface area contributed by atoms with Crippen molar-refractivity contribution in [1.29, 1.82) is 0 Å². The van der Waals surface area contributed by atoms with E-state index in [9.17, 15) is 34.8 Å². The number of hydrogen-bond acceptors (Lipinski definition) is 3. The van der Waals surface area contributed by atoms with Gasteiger partial charge in [-0.15, -0.1) is 13.2 Å². The SMILES string of the molecule is O=S(=O)(Nc1cccc(C(F)(F)F)c1)c1ccccc1OC(F)(F)F. The van der Waals surface area contributed by atoms with E-state index in [4.69, 9.17) is 0 Å². The molecular formula is C14H9F6NO3S. The Morgan fingerprint density at radius 2 is 1.52 bits per heavy atom. The average molecular weight is 385 g/mol. The highest BCUT2D eigenvalue weighted by molar-refractivity contribution is 7.92. The highest BCUT2D eigenvalue weighted by Gasteiger charge is 2.34. The zero-order valence-corrected chi connectivity index (χ0v) is 12.8. The van der Waals surface area contributed by atoms with E-state index >= 15 is 0 Å². The summed E-state index contributed by atoms with van der Waals surface area (Å²) in [7, 11) is -4.62. The Labute approximate surface area is 138 Å². The van der Waals surface area contributed by atoms with Crippen molar-refractivity contribution in [3.05, 3.63) is 54.1 Å². The minimum atomic E-state index is -5.14. The van der Waals surface area contributed by atoms with Crippen molar-refractivity contribution in [2.45, 2.75) is 17.4 Å². The summed E-state index contributed by atoms with van der Waals surface area (Å²) >= 11 is 0. The van der Waals surface area contributed by atoms with Crippen LogP contribution in [-0.4, -0.2) is 14.8 Å². The molecule has 0 aliphatic carbocycles. The summed E-state index contributed by atoms with van der Waals surface area (Å²) in [5.41, 5.74) is -1.58. The number of sulfonamides is 1. The average Bonchev–Trinajstić information content (AvgIpc) is 2.45. The predicted octanol–water partition coefficient (Wildman–Crippen LogP) is 4.40. The standard InChI is InChI=1S/C14H9F6NO3S/c15-13(16,17)9-4-3-5-10(8-9)21-25(22,23)12-7-2-1-6-11(12)24-14(18,19)20/h1-8,21H. The first-order chi connectivity index (χ1) is 11.4. The van der Waals surface area contributed by atoms with Crippen molar-refractivity contribution >= 4 is 15.7 Å². The molecule has 4 nitrogen and oxygen atoms in total. The van der Waals surface area contributed by atoms with Crippen molar-refractivity contribution < 1.29 is 39.5 Å². The highest BCUT2D eigenvalue weighted by Crippen LogP contribution is 2.33. The van der Waals surface area contributed by atoms with Crippen molar-refractivity contribution in [3.63, 3.8) is 0 Å². The Morgan fingerprint density at radius 3 is 2.12 bits per heavy atom. The third kappa shape index (κ3) is 5.02. The van der Waals surface area contributed by atoms with Gasteiger partial charge in [-0.3, -0.25) is 4.72 Å². The molecule has 0 aromatic heterocycles. The van der Waals surface area contributed by atoms with E-state index in [-0.39, 0.29) is 0 Å². The van der Waals surface area contributed by atoms with Gasteiger partial charge < -0.3 is 4.74 Å². The summed E-state index contributed by atoms with van der Waals surface area (Å²) in [5.74, 6) is -1.01. The van der Waals surface area contributed by atoms with Crippen LogP contribution in [0.15, 0.2) is 53.4 Å². The van der Waals surface area contributed by atoms with Crippen molar-refractivity contribution in [3.8, 4) is 5.75 Å². The minimum absolute atomic E-state index is 0.461. The number of alkyl halides is 6. The molecule has 1 N–H and O–H groups in total. The zero-order chi connectivity index (χ0) is 18.9. The molecule has 0 aliphatic heterocycles. The van der Waals surface area contributed by atoms with Crippen LogP contribution in [0.3, 0.4) is 0 Å². The second-order valence-corrected chi connectivity index (χ2v) is 6.33. The minimum Gasteiger partial charge on any atom is -0.404 e. The maximum Gasteiger partial charge on any atom is 0.573 e. The van der Waals surface area contributed by atoms with Gasteiger partial charge in [0.1, 0.15) is 10.6 Å². The number of ether oxygens (including phenoxy) is 1. The number of nitrogens with one attached hydrogen (secondary N) is 1. The van der Waals surface area contributed by atoms with E-state index in [1.54, 1.807) is 4.72 Å². The van der Waals surface area contributed by atoms with Crippen LogP contribution in [0.2, 0.25) is 0 Å². The van der Waals surface area contributed by atoms with Crippen LogP contribution in [0.1, 0.15) is 5.56 Å². The van der Waals surface area contributed by atoms with Crippen molar-refractivity contribution in [1.82, 2.24) is 0 Å². The van der Waals surface area contributed by atoms with Crippen LogP contribution in [-0.2, 0) is 16.2 Å². The van der Waals surface area contributed by atoms with Crippen LogP contribution in [0.4, 0.5) is 32.0 Å². The monoisotopic (exact) mass is 385 g/mol. The number of hydrogen-bond donors (Lipinski definition) is 1. The number of benzene rings is 2. The third-order valence-electron chi connectivity index (χ3n) is 2.81. The van der Waals surface area contributed by atoms with E-state index < -0.39 is 44.5 Å². The third-order valence-corrected chi connectivity index (χ3v) is 4.23. The largest absolute Gasteiger partial charge is 0.573 e. The summed E-state index contributed by atoms with van der Waals surface area (Å²) < 4.78 is 105. The fourth-order valence-corrected chi connectivity index (χ4v) is 3.03. The second kappa shape index (κ2) is 6.47. The molecule has 0 heterocycles. The first-order valence-electron chi connectivity index (χ1n) is 6.43. The van der Waals surface area contributed by atoms with Crippen LogP contribution < -0.4 is 9.46 Å². The summed E-state index contributed by atoms with van der Waals surface area (Å²) in [6.45, 7) is 0. The smallest absolute Gasteiger partial charge is 0.404 e. The molecule has 0 fully saturated rings. The molecule has 25 heavy (non-hydrogen) atoms. The predicted molar refractivity (Wildman–Crippen MR) is 75.4 cm³/mol. The molecule has 0 unspecified atom stereocenters. The molecule has 0 saturated heterocycles. The zero-order valence-electron chi connectivity index (χ0n) is 12.0. The van der Waals surface area contributed by atoms with Crippen LogP contribution >= 0.6 is 0 Å². The Bertz CT molecular complexity index is 861. The summed E-state index contributed by atoms with van der Waals surface area (Å²) in [4.78, 5) is -0.871. The van der Waals surface area contributed by atoms with Crippen LogP contribution in [0, 0.1) is 0 Å². The van der Waals surface area contributed by atoms with Gasteiger partial charge in [0.05, 0.1) is 5.56 Å². The van der Waals surface area contributed by atoms with Gasteiger partial charge in [0.2, 0.25) is 0 Å². The molecule has 2 rings (SSSR count). The molecule has 0 atom stereocenters. The number of anilines is 1. The van der Waals surface area contributed by atoms with Gasteiger partial charge in [0, 0.05) is 5.69 Å². The Kier molecular flexibility index (Phi) is 4.89. The van der Waals surface area contributed by atoms with Gasteiger partial charge in [0.15, 0.2) is 0 Å². The molecule has 0 bridgehead atoms. The first kappa shape index (κ1) is 18.9. The van der Waals surface area contributed by atoms with Gasteiger partial charge in [0.25, 0.3) is 10.0 Å². The molecule has 11 heteroatoms. The van der Waals surface area contributed by atoms with Gasteiger partial charge in [-0.1, -0.05) is 18.2 Å². The summed E-state index contributed by atoms with van der Waals surface area (Å²) in [6, 6.07) is 7.08. The van der Waals surface area contributed by atoms with Gasteiger partial charge in [-0.2, -0.15) is 13.2 Å². The Morgan fingerprint density at radius 1 is 0.880 bits per heavy atom. The maximum atomic E-state index is 12.7. The van der Waals surface area contributed by atoms with Gasteiger partial charge >= 0.3 is 12.5 Å². The molecule has 0 saturated carbocycles. The lowest BCUT2D eigenvalue weighted by molar-refractivity contribution is -0.275. The van der Waals surface area contributed by atoms with E-state index in [0.717, 1.165) is 42.5 Å². The van der Waals surface area contributed by atoms with E-state index in [2.05, 4.69) is 4.74 Å². The molecule has 0 aliphatic rings. The van der Waals surface area contributed by atoms with Crippen molar-refractivity contribution in [2.24, 2.45) is 0 Å². The summed E-state index contributed by atoms with van der Waals surface area (Å²) in [6.07, 6.45) is -9.85. The molecule has 2 aromatic carbocycles. The van der Waals surface area contributed by atoms with E-state index in [1.807, 2.05) is 0 Å². The van der Waals surface area contributed by atoms with Crippen LogP contribution in [0.25, 0.3) is 0 Å². The topological polar surface area (TPSA) is 55.4 Å². The lowest BCUT2D eigenvalue weighted by Gasteiger charge is -2.15. The molecule has 0 spiro atoms. The number of para-hydroxylation sites is 1. The molecule has 136 valence electrons. The van der Waals surface area contributed by atoms with Crippen LogP contribution in [0.5, 0.6) is 5.75 Å². The first-order valence-corrected chi connectivity index (χ1v) is 7.92. The molecular weight excluding hydrogens is 376 g/mol. The quantitative estimate of drug-likeness (QED) is 0.794. The number of halogens is 6. The molecule has 2 aromatic rings. The highest BCUT2D eigenvalue weighted by atomic mass is 32.2. The molecule has 0 radical (unpaired) electrons. The van der Waals surface area contributed by atoms with Gasteiger partial charge in [-0.25, -0.2) is 8.42 Å². The Balaban J connectivity index is 2.38. The van der Waals surface area contributed by atoms with E-state index in [1.165, 1.54) is 0 Å². The fourth-order valence-electron chi connectivity index (χ4n) is 1.85. The second-order valence-electron chi connectivity index (χ2n) is 4.68. The van der Waals surface area contributed by atoms with Crippen molar-refractivity contribution in [2.75, 3.05) is 4.72 Å². The number of rotatable bonds is 4. The summed E-state index contributed by atoms with van der Waals surface area (Å²) in [5, 5.41) is 0. The lowest BCUT2D eigenvalue weighted by atomic mass is 10.2.